The summed E-state index contributed by atoms with van der Waals surface area (Å²) in [6.45, 7) is 0. The number of carbonyl (C=O) groups is 2. The van der Waals surface area contributed by atoms with Crippen LogP contribution in [0.1, 0.15) is 17.7 Å². The summed E-state index contributed by atoms with van der Waals surface area (Å²) in [5, 5.41) is 1.91. The summed E-state index contributed by atoms with van der Waals surface area (Å²) in [6, 6.07) is 3.77. The summed E-state index contributed by atoms with van der Waals surface area (Å²) < 4.78 is 4.75. The van der Waals surface area contributed by atoms with Crippen LogP contribution in [0.2, 0.25) is 0 Å². The highest BCUT2D eigenvalue weighted by molar-refractivity contribution is 7.10. The second kappa shape index (κ2) is 3.20. The van der Waals surface area contributed by atoms with Gasteiger partial charge >= 0.3 is 5.97 Å². The Balaban J connectivity index is 2.34. The van der Waals surface area contributed by atoms with E-state index in [1.165, 1.54) is 18.4 Å². The maximum absolute atomic E-state index is 11.6. The molecule has 0 atom stereocenters. The molecule has 1 saturated carbocycles. The lowest BCUT2D eigenvalue weighted by atomic mass is 9.67. The number of esters is 1. The summed E-state index contributed by atoms with van der Waals surface area (Å²) in [6.07, 6.45) is 0.584. The summed E-state index contributed by atoms with van der Waals surface area (Å²) in [7, 11) is 1.36. The number of carbonyl (C=O) groups excluding carboxylic acids is 2. The van der Waals surface area contributed by atoms with Gasteiger partial charge in [0.25, 0.3) is 0 Å². The summed E-state index contributed by atoms with van der Waals surface area (Å²) in [5.41, 5.74) is -0.667. The van der Waals surface area contributed by atoms with Crippen LogP contribution in [0, 0.1) is 0 Å². The van der Waals surface area contributed by atoms with E-state index in [2.05, 4.69) is 0 Å². The van der Waals surface area contributed by atoms with Crippen molar-refractivity contribution < 1.29 is 14.3 Å². The van der Waals surface area contributed by atoms with E-state index in [0.717, 1.165) is 4.88 Å². The third kappa shape index (κ3) is 1.18. The van der Waals surface area contributed by atoms with Crippen LogP contribution in [0.3, 0.4) is 0 Å². The first-order valence-corrected chi connectivity index (χ1v) is 5.21. The molecule has 0 aliphatic heterocycles. The van der Waals surface area contributed by atoms with Gasteiger partial charge in [-0.05, 0) is 11.4 Å². The molecule has 1 heterocycles. The van der Waals surface area contributed by atoms with Crippen molar-refractivity contribution in [3.05, 3.63) is 22.4 Å². The van der Waals surface area contributed by atoms with Crippen LogP contribution in [0.5, 0.6) is 0 Å². The molecule has 0 bridgehead atoms. The Kier molecular flexibility index (Phi) is 2.15. The van der Waals surface area contributed by atoms with Gasteiger partial charge in [-0.25, -0.2) is 0 Å². The van der Waals surface area contributed by atoms with Crippen LogP contribution in [-0.2, 0) is 19.7 Å². The van der Waals surface area contributed by atoms with Crippen molar-refractivity contribution in [3.8, 4) is 0 Å². The van der Waals surface area contributed by atoms with Gasteiger partial charge in [0.1, 0.15) is 11.2 Å². The molecule has 1 aliphatic carbocycles. The van der Waals surface area contributed by atoms with Crippen molar-refractivity contribution in [2.45, 2.75) is 18.3 Å². The summed E-state index contributed by atoms with van der Waals surface area (Å²) >= 11 is 1.50. The average molecular weight is 210 g/mol. The first-order chi connectivity index (χ1) is 6.69. The monoisotopic (exact) mass is 210 g/mol. The van der Waals surface area contributed by atoms with Gasteiger partial charge in [-0.15, -0.1) is 11.3 Å². The summed E-state index contributed by atoms with van der Waals surface area (Å²) in [4.78, 5) is 23.6. The van der Waals surface area contributed by atoms with Gasteiger partial charge < -0.3 is 4.74 Å². The maximum atomic E-state index is 11.6. The van der Waals surface area contributed by atoms with E-state index in [0.29, 0.717) is 12.8 Å². The number of rotatable bonds is 2. The Morgan fingerprint density at radius 3 is 2.71 bits per heavy atom. The molecule has 0 N–H and O–H groups in total. The molecule has 1 aliphatic rings. The zero-order valence-electron chi connectivity index (χ0n) is 7.78. The highest BCUT2D eigenvalue weighted by atomic mass is 32.1. The van der Waals surface area contributed by atoms with E-state index in [1.807, 2.05) is 17.5 Å². The zero-order valence-corrected chi connectivity index (χ0v) is 8.60. The molecular formula is C10H10O3S. The number of hydrogen-bond donors (Lipinski definition) is 0. The van der Waals surface area contributed by atoms with Crippen molar-refractivity contribution in [1.82, 2.24) is 0 Å². The minimum atomic E-state index is -0.667. The van der Waals surface area contributed by atoms with Gasteiger partial charge in [0.05, 0.1) is 7.11 Å². The molecule has 0 amide bonds. The molecule has 4 heteroatoms. The van der Waals surface area contributed by atoms with Gasteiger partial charge in [-0.2, -0.15) is 0 Å². The highest BCUT2D eigenvalue weighted by Crippen LogP contribution is 2.44. The predicted molar refractivity (Wildman–Crippen MR) is 52.3 cm³/mol. The minimum absolute atomic E-state index is 0.129. The Morgan fingerprint density at radius 2 is 2.29 bits per heavy atom. The predicted octanol–water partition coefficient (Wildman–Crippen LogP) is 1.52. The van der Waals surface area contributed by atoms with Crippen molar-refractivity contribution >= 4 is 23.1 Å². The lowest BCUT2D eigenvalue weighted by Crippen LogP contribution is -2.48. The van der Waals surface area contributed by atoms with Crippen LogP contribution in [0.25, 0.3) is 0 Å². The fraction of sp³-hybridized carbons (Fsp3) is 0.400. The molecule has 1 fully saturated rings. The van der Waals surface area contributed by atoms with Crippen molar-refractivity contribution in [2.75, 3.05) is 7.11 Å². The van der Waals surface area contributed by atoms with E-state index >= 15 is 0 Å². The lowest BCUT2D eigenvalue weighted by molar-refractivity contribution is -0.156. The molecule has 2 rings (SSSR count). The first-order valence-electron chi connectivity index (χ1n) is 4.33. The standard InChI is InChI=1S/C10H10O3S/c1-13-9(12)10(5-7(11)6-10)8-3-2-4-14-8/h2-4H,5-6H2,1H3. The van der Waals surface area contributed by atoms with Gasteiger partial charge in [0.15, 0.2) is 0 Å². The number of ketones is 1. The summed E-state index contributed by atoms with van der Waals surface area (Å²) in [5.74, 6) is -0.164. The van der Waals surface area contributed by atoms with Gasteiger partial charge in [-0.1, -0.05) is 6.07 Å². The van der Waals surface area contributed by atoms with Crippen LogP contribution in [0.15, 0.2) is 17.5 Å². The fourth-order valence-corrected chi connectivity index (χ4v) is 2.70. The molecule has 0 saturated heterocycles. The number of hydrogen-bond acceptors (Lipinski definition) is 4. The lowest BCUT2D eigenvalue weighted by Gasteiger charge is -2.36. The smallest absolute Gasteiger partial charge is 0.318 e. The number of methoxy groups -OCH3 is 1. The van der Waals surface area contributed by atoms with Gasteiger partial charge in [0, 0.05) is 17.7 Å². The fourth-order valence-electron chi connectivity index (χ4n) is 1.79. The number of thiophene rings is 1. The Hall–Kier alpha value is -1.16. The molecule has 1 aromatic rings. The second-order valence-electron chi connectivity index (χ2n) is 3.44. The minimum Gasteiger partial charge on any atom is -0.468 e. The van der Waals surface area contributed by atoms with Gasteiger partial charge in [0.2, 0.25) is 0 Å². The molecule has 0 aromatic carbocycles. The Labute approximate surface area is 85.7 Å². The normalized spacial score (nSPS) is 18.8. The van der Waals surface area contributed by atoms with Crippen LogP contribution in [0.4, 0.5) is 0 Å². The van der Waals surface area contributed by atoms with Crippen molar-refractivity contribution in [1.29, 1.82) is 0 Å². The van der Waals surface area contributed by atoms with Gasteiger partial charge in [-0.3, -0.25) is 9.59 Å². The van der Waals surface area contributed by atoms with Crippen LogP contribution < -0.4 is 0 Å². The topological polar surface area (TPSA) is 43.4 Å². The third-order valence-corrected chi connectivity index (χ3v) is 3.64. The van der Waals surface area contributed by atoms with Crippen molar-refractivity contribution in [3.63, 3.8) is 0 Å². The maximum Gasteiger partial charge on any atom is 0.318 e. The molecule has 1 aromatic heterocycles. The molecule has 0 unspecified atom stereocenters. The highest BCUT2D eigenvalue weighted by Gasteiger charge is 2.52. The SMILES string of the molecule is COC(=O)C1(c2cccs2)CC(=O)C1. The molecule has 14 heavy (non-hydrogen) atoms. The second-order valence-corrected chi connectivity index (χ2v) is 4.39. The Bertz CT molecular complexity index is 359. The Morgan fingerprint density at radius 1 is 1.57 bits per heavy atom. The van der Waals surface area contributed by atoms with Crippen molar-refractivity contribution in [2.24, 2.45) is 0 Å². The van der Waals surface area contributed by atoms with E-state index in [4.69, 9.17) is 4.74 Å². The molecular weight excluding hydrogens is 200 g/mol. The number of ether oxygens (including phenoxy) is 1. The van der Waals surface area contributed by atoms with Crippen LogP contribution >= 0.6 is 11.3 Å². The molecule has 74 valence electrons. The largest absolute Gasteiger partial charge is 0.468 e. The molecule has 0 radical (unpaired) electrons. The number of Topliss-reactive ketones (excluding diaryl/α,β-unsaturated/α-hetero) is 1. The zero-order chi connectivity index (χ0) is 10.2. The molecule has 3 nitrogen and oxygen atoms in total. The average Bonchev–Trinajstić information content (AvgIpc) is 2.64. The van der Waals surface area contributed by atoms with E-state index in [9.17, 15) is 9.59 Å². The molecule has 0 spiro atoms. The quantitative estimate of drug-likeness (QED) is 0.695. The third-order valence-electron chi connectivity index (χ3n) is 2.57. The first kappa shape index (κ1) is 9.40. The van der Waals surface area contributed by atoms with E-state index < -0.39 is 5.41 Å². The van der Waals surface area contributed by atoms with E-state index in [1.54, 1.807) is 0 Å². The van der Waals surface area contributed by atoms with E-state index in [-0.39, 0.29) is 11.8 Å². The van der Waals surface area contributed by atoms with Crippen LogP contribution in [-0.4, -0.2) is 18.9 Å².